The maximum atomic E-state index is 12.4. The second-order valence-electron chi connectivity index (χ2n) is 5.74. The lowest BCUT2D eigenvalue weighted by Gasteiger charge is -2.31. The van der Waals surface area contributed by atoms with E-state index < -0.39 is 0 Å². The van der Waals surface area contributed by atoms with E-state index in [0.29, 0.717) is 37.8 Å². The van der Waals surface area contributed by atoms with Crippen molar-refractivity contribution in [3.63, 3.8) is 0 Å². The van der Waals surface area contributed by atoms with E-state index in [2.05, 4.69) is 29.2 Å². The van der Waals surface area contributed by atoms with Crippen LogP contribution in [0, 0.1) is 13.8 Å². The second kappa shape index (κ2) is 7.23. The molecule has 0 aromatic carbocycles. The Morgan fingerprint density at radius 2 is 2.30 bits per heavy atom. The number of carbonyl (C=O) groups excluding carboxylic acids is 1. The minimum atomic E-state index is -0.287. The molecule has 0 aliphatic carbocycles. The van der Waals surface area contributed by atoms with Gasteiger partial charge in [0, 0.05) is 29.6 Å². The van der Waals surface area contributed by atoms with E-state index in [0.717, 1.165) is 12.8 Å². The number of hydrogen-bond acceptors (Lipinski definition) is 6. The number of aromatic nitrogens is 2. The average molecular weight is 335 g/mol. The van der Waals surface area contributed by atoms with Crippen LogP contribution in [-0.2, 0) is 16.0 Å². The first-order valence-electron chi connectivity index (χ1n) is 7.87. The Hall–Kier alpha value is -1.73. The predicted molar refractivity (Wildman–Crippen MR) is 86.3 cm³/mol. The van der Waals surface area contributed by atoms with Crippen molar-refractivity contribution >= 4 is 17.2 Å². The van der Waals surface area contributed by atoms with E-state index in [1.165, 1.54) is 9.75 Å². The predicted octanol–water partition coefficient (Wildman–Crippen LogP) is 2.67. The molecule has 1 fully saturated rings. The Morgan fingerprint density at radius 3 is 3.00 bits per heavy atom. The third kappa shape index (κ3) is 4.17. The summed E-state index contributed by atoms with van der Waals surface area (Å²) in [5, 5.41) is 3.89. The van der Waals surface area contributed by atoms with Crippen LogP contribution in [0.2, 0.25) is 0 Å². The third-order valence-electron chi connectivity index (χ3n) is 3.86. The quantitative estimate of drug-likeness (QED) is 0.840. The van der Waals surface area contributed by atoms with Gasteiger partial charge in [-0.05, 0) is 31.9 Å². The number of hydrogen-bond donors (Lipinski definition) is 0. The summed E-state index contributed by atoms with van der Waals surface area (Å²) in [5.74, 6) is 1.21. The molecule has 6 nitrogen and oxygen atoms in total. The summed E-state index contributed by atoms with van der Waals surface area (Å²) in [4.78, 5) is 21.1. The van der Waals surface area contributed by atoms with Crippen LogP contribution >= 0.6 is 11.3 Å². The molecule has 1 aliphatic rings. The van der Waals surface area contributed by atoms with Gasteiger partial charge in [0.25, 0.3) is 0 Å². The summed E-state index contributed by atoms with van der Waals surface area (Å²) in [6, 6.07) is 4.27. The van der Waals surface area contributed by atoms with Crippen molar-refractivity contribution < 1.29 is 14.1 Å². The highest BCUT2D eigenvalue weighted by Gasteiger charge is 2.28. The largest absolute Gasteiger partial charge is 0.366 e. The highest BCUT2D eigenvalue weighted by molar-refractivity contribution is 7.11. The first-order valence-corrected chi connectivity index (χ1v) is 8.68. The zero-order chi connectivity index (χ0) is 16.2. The Balaban J connectivity index is 1.48. The molecule has 1 atom stereocenters. The monoisotopic (exact) mass is 335 g/mol. The van der Waals surface area contributed by atoms with Crippen molar-refractivity contribution in [1.82, 2.24) is 15.0 Å². The van der Waals surface area contributed by atoms with Crippen LogP contribution in [0.5, 0.6) is 0 Å². The molecule has 0 saturated carbocycles. The molecular weight excluding hydrogens is 314 g/mol. The summed E-state index contributed by atoms with van der Waals surface area (Å²) in [6.45, 7) is 5.48. The summed E-state index contributed by atoms with van der Waals surface area (Å²) in [6.07, 6.45) is 2.11. The van der Waals surface area contributed by atoms with Gasteiger partial charge in [-0.3, -0.25) is 4.79 Å². The first-order chi connectivity index (χ1) is 11.1. The van der Waals surface area contributed by atoms with Crippen LogP contribution in [0.3, 0.4) is 0 Å². The van der Waals surface area contributed by atoms with E-state index in [1.807, 2.05) is 4.90 Å². The van der Waals surface area contributed by atoms with E-state index in [-0.39, 0.29) is 12.0 Å². The Bertz CT molecular complexity index is 667. The van der Waals surface area contributed by atoms with Crippen molar-refractivity contribution in [2.45, 2.75) is 39.2 Å². The molecular formula is C16H21N3O3S. The van der Waals surface area contributed by atoms with Gasteiger partial charge in [0.15, 0.2) is 0 Å². The van der Waals surface area contributed by atoms with E-state index in [4.69, 9.17) is 9.26 Å². The molecule has 124 valence electrons. The molecule has 7 heteroatoms. The molecule has 0 radical (unpaired) electrons. The zero-order valence-corrected chi connectivity index (χ0v) is 14.3. The molecule has 1 saturated heterocycles. The SMILES string of the molecule is Cc1nc([C@@H]2CN(C(=O)CCCc3ccc(C)s3)CCO2)no1. The minimum Gasteiger partial charge on any atom is -0.366 e. The Morgan fingerprint density at radius 1 is 1.43 bits per heavy atom. The molecule has 0 unspecified atom stereocenters. The molecule has 1 aliphatic heterocycles. The van der Waals surface area contributed by atoms with E-state index >= 15 is 0 Å². The first kappa shape index (κ1) is 16.1. The van der Waals surface area contributed by atoms with Gasteiger partial charge in [-0.25, -0.2) is 0 Å². The molecule has 23 heavy (non-hydrogen) atoms. The number of nitrogens with zero attached hydrogens (tertiary/aromatic N) is 3. The number of morpholine rings is 1. The molecule has 0 bridgehead atoms. The van der Waals surface area contributed by atoms with Crippen LogP contribution < -0.4 is 0 Å². The van der Waals surface area contributed by atoms with Crippen LogP contribution in [0.15, 0.2) is 16.7 Å². The molecule has 1 amide bonds. The van der Waals surface area contributed by atoms with Crippen molar-refractivity contribution in [2.24, 2.45) is 0 Å². The van der Waals surface area contributed by atoms with E-state index in [9.17, 15) is 4.79 Å². The number of ether oxygens (including phenoxy) is 1. The molecule has 2 aromatic heterocycles. The molecule has 3 heterocycles. The van der Waals surface area contributed by atoms with Crippen molar-refractivity contribution in [2.75, 3.05) is 19.7 Å². The fraction of sp³-hybridized carbons (Fsp3) is 0.562. The van der Waals surface area contributed by atoms with E-state index in [1.54, 1.807) is 18.3 Å². The number of rotatable bonds is 5. The molecule has 2 aromatic rings. The van der Waals surface area contributed by atoms with Crippen LogP contribution in [0.4, 0.5) is 0 Å². The lowest BCUT2D eigenvalue weighted by Crippen LogP contribution is -2.42. The number of aryl methyl sites for hydroxylation is 3. The van der Waals surface area contributed by atoms with Crippen molar-refractivity contribution in [3.05, 3.63) is 33.6 Å². The third-order valence-corrected chi connectivity index (χ3v) is 4.92. The van der Waals surface area contributed by atoms with Crippen LogP contribution in [0.25, 0.3) is 0 Å². The minimum absolute atomic E-state index is 0.173. The number of thiophene rings is 1. The van der Waals surface area contributed by atoms with Crippen LogP contribution in [-0.4, -0.2) is 40.6 Å². The molecule has 3 rings (SSSR count). The summed E-state index contributed by atoms with van der Waals surface area (Å²) in [5.41, 5.74) is 0. The van der Waals surface area contributed by atoms with Gasteiger partial charge in [0.05, 0.1) is 13.2 Å². The topological polar surface area (TPSA) is 68.5 Å². The fourth-order valence-electron chi connectivity index (χ4n) is 2.67. The van der Waals surface area contributed by atoms with Gasteiger partial charge in [-0.1, -0.05) is 5.16 Å². The lowest BCUT2D eigenvalue weighted by atomic mass is 10.1. The smallest absolute Gasteiger partial charge is 0.223 e. The van der Waals surface area contributed by atoms with Gasteiger partial charge in [-0.2, -0.15) is 4.98 Å². The van der Waals surface area contributed by atoms with Gasteiger partial charge in [0.1, 0.15) is 6.10 Å². The van der Waals surface area contributed by atoms with Crippen molar-refractivity contribution in [1.29, 1.82) is 0 Å². The standard InChI is InChI=1S/C16H21N3O3S/c1-11-6-7-13(23-11)4-3-5-15(20)19-8-9-21-14(10-19)16-17-12(2)22-18-16/h6-7,14H,3-5,8-10H2,1-2H3/t14-/m0/s1. The Kier molecular flexibility index (Phi) is 5.07. The summed E-state index contributed by atoms with van der Waals surface area (Å²) < 4.78 is 10.6. The maximum Gasteiger partial charge on any atom is 0.223 e. The van der Waals surface area contributed by atoms with Gasteiger partial charge in [0.2, 0.25) is 17.6 Å². The van der Waals surface area contributed by atoms with Crippen LogP contribution in [0.1, 0.15) is 40.4 Å². The summed E-state index contributed by atoms with van der Waals surface area (Å²) in [7, 11) is 0. The zero-order valence-electron chi connectivity index (χ0n) is 13.4. The van der Waals surface area contributed by atoms with Gasteiger partial charge < -0.3 is 14.2 Å². The number of carbonyl (C=O) groups is 1. The Labute approximate surface area is 139 Å². The average Bonchev–Trinajstić information content (AvgIpc) is 3.16. The van der Waals surface area contributed by atoms with Gasteiger partial charge in [-0.15, -0.1) is 11.3 Å². The molecule has 0 N–H and O–H groups in total. The highest BCUT2D eigenvalue weighted by atomic mass is 32.1. The summed E-state index contributed by atoms with van der Waals surface area (Å²) >= 11 is 1.80. The normalized spacial score (nSPS) is 18.3. The number of amides is 1. The van der Waals surface area contributed by atoms with Crippen molar-refractivity contribution in [3.8, 4) is 0 Å². The van der Waals surface area contributed by atoms with Gasteiger partial charge >= 0.3 is 0 Å². The lowest BCUT2D eigenvalue weighted by molar-refractivity contribution is -0.139. The second-order valence-corrected chi connectivity index (χ2v) is 7.11. The fourth-order valence-corrected chi connectivity index (χ4v) is 3.60. The highest BCUT2D eigenvalue weighted by Crippen LogP contribution is 2.21. The maximum absolute atomic E-state index is 12.4. The molecule has 0 spiro atoms.